The fraction of sp³-hybridized carbons (Fsp3) is 0.308. The quantitative estimate of drug-likeness (QED) is 0.580. The van der Waals surface area contributed by atoms with Crippen LogP contribution in [0.2, 0.25) is 0 Å². The first-order valence-electron chi connectivity index (χ1n) is 5.15. The third-order valence-electron chi connectivity index (χ3n) is 2.36. The number of furan rings is 1. The standard InChI is InChI=1S/C13H15NO3/c1-4-6-12(11-7-9-17-10-11)14(8-5-2)13(15)16-3/h2,4,7,9-10,12H,1,6,8H2,3H3. The van der Waals surface area contributed by atoms with Gasteiger partial charge < -0.3 is 9.15 Å². The van der Waals surface area contributed by atoms with Crippen molar-refractivity contribution in [3.63, 3.8) is 0 Å². The van der Waals surface area contributed by atoms with Crippen molar-refractivity contribution in [1.82, 2.24) is 4.90 Å². The van der Waals surface area contributed by atoms with Crippen LogP contribution in [0.3, 0.4) is 0 Å². The number of nitrogens with zero attached hydrogens (tertiary/aromatic N) is 1. The molecule has 0 N–H and O–H groups in total. The number of ether oxygens (including phenoxy) is 1. The molecule has 1 aromatic rings. The lowest BCUT2D eigenvalue weighted by atomic mass is 10.1. The first-order chi connectivity index (χ1) is 8.24. The van der Waals surface area contributed by atoms with Gasteiger partial charge in [0.1, 0.15) is 0 Å². The number of methoxy groups -OCH3 is 1. The molecular formula is C13H15NO3. The molecule has 0 aromatic carbocycles. The molecule has 1 unspecified atom stereocenters. The monoisotopic (exact) mass is 233 g/mol. The highest BCUT2D eigenvalue weighted by atomic mass is 16.5. The number of rotatable bonds is 5. The van der Waals surface area contributed by atoms with Gasteiger partial charge in [-0.15, -0.1) is 13.0 Å². The third kappa shape index (κ3) is 3.15. The number of carbonyl (C=O) groups excluding carboxylic acids is 1. The molecule has 0 bridgehead atoms. The Morgan fingerprint density at radius 2 is 2.59 bits per heavy atom. The summed E-state index contributed by atoms with van der Waals surface area (Å²) in [6.07, 6.45) is 10.2. The summed E-state index contributed by atoms with van der Waals surface area (Å²) >= 11 is 0. The van der Waals surface area contributed by atoms with Gasteiger partial charge in [-0.05, 0) is 12.5 Å². The molecule has 90 valence electrons. The normalized spacial score (nSPS) is 11.3. The smallest absolute Gasteiger partial charge is 0.410 e. The predicted octanol–water partition coefficient (Wildman–Crippen LogP) is 2.60. The summed E-state index contributed by atoms with van der Waals surface area (Å²) in [5, 5.41) is 0. The van der Waals surface area contributed by atoms with E-state index in [-0.39, 0.29) is 12.6 Å². The molecule has 0 fully saturated rings. The molecule has 1 rings (SSSR count). The van der Waals surface area contributed by atoms with Crippen molar-refractivity contribution in [2.45, 2.75) is 12.5 Å². The number of amides is 1. The minimum atomic E-state index is -0.462. The molecule has 1 aromatic heterocycles. The second-order valence-electron chi connectivity index (χ2n) is 3.40. The van der Waals surface area contributed by atoms with Gasteiger partial charge in [0, 0.05) is 5.56 Å². The molecule has 4 heteroatoms. The van der Waals surface area contributed by atoms with Gasteiger partial charge in [0.2, 0.25) is 0 Å². The first kappa shape index (κ1) is 12.9. The first-order valence-corrected chi connectivity index (χ1v) is 5.15. The van der Waals surface area contributed by atoms with Crippen molar-refractivity contribution in [1.29, 1.82) is 0 Å². The molecule has 0 saturated heterocycles. The van der Waals surface area contributed by atoms with Gasteiger partial charge in [-0.3, -0.25) is 4.90 Å². The lowest BCUT2D eigenvalue weighted by Crippen LogP contribution is -2.34. The van der Waals surface area contributed by atoms with Crippen LogP contribution in [0.5, 0.6) is 0 Å². The van der Waals surface area contributed by atoms with E-state index in [0.29, 0.717) is 6.42 Å². The molecule has 1 atom stereocenters. The molecule has 17 heavy (non-hydrogen) atoms. The van der Waals surface area contributed by atoms with Crippen LogP contribution in [-0.4, -0.2) is 24.6 Å². The summed E-state index contributed by atoms with van der Waals surface area (Å²) < 4.78 is 9.74. The van der Waals surface area contributed by atoms with Gasteiger partial charge in [-0.2, -0.15) is 0 Å². The molecule has 4 nitrogen and oxygen atoms in total. The average molecular weight is 233 g/mol. The minimum Gasteiger partial charge on any atom is -0.472 e. The van der Waals surface area contributed by atoms with Crippen LogP contribution in [0.4, 0.5) is 4.79 Å². The Labute approximate surface area is 101 Å². The van der Waals surface area contributed by atoms with Gasteiger partial charge in [-0.1, -0.05) is 12.0 Å². The zero-order chi connectivity index (χ0) is 12.7. The predicted molar refractivity (Wildman–Crippen MR) is 64.2 cm³/mol. The van der Waals surface area contributed by atoms with E-state index >= 15 is 0 Å². The lowest BCUT2D eigenvalue weighted by molar-refractivity contribution is 0.111. The molecule has 0 aliphatic heterocycles. The maximum atomic E-state index is 11.7. The highest BCUT2D eigenvalue weighted by molar-refractivity contribution is 5.68. The maximum Gasteiger partial charge on any atom is 0.410 e. The summed E-state index contributed by atoms with van der Waals surface area (Å²) in [7, 11) is 1.33. The van der Waals surface area contributed by atoms with E-state index in [2.05, 4.69) is 12.5 Å². The Morgan fingerprint density at radius 3 is 3.06 bits per heavy atom. The third-order valence-corrected chi connectivity index (χ3v) is 2.36. The topological polar surface area (TPSA) is 42.7 Å². The summed E-state index contributed by atoms with van der Waals surface area (Å²) in [5.74, 6) is 2.44. The van der Waals surface area contributed by atoms with E-state index in [9.17, 15) is 4.79 Å². The van der Waals surface area contributed by atoms with E-state index in [1.54, 1.807) is 24.7 Å². The molecule has 0 aliphatic rings. The molecule has 0 radical (unpaired) electrons. The molecule has 0 spiro atoms. The van der Waals surface area contributed by atoms with Crippen LogP contribution in [-0.2, 0) is 4.74 Å². The molecule has 1 heterocycles. The summed E-state index contributed by atoms with van der Waals surface area (Å²) in [6.45, 7) is 3.85. The van der Waals surface area contributed by atoms with E-state index < -0.39 is 6.09 Å². The van der Waals surface area contributed by atoms with Crippen molar-refractivity contribution < 1.29 is 13.9 Å². The highest BCUT2D eigenvalue weighted by Gasteiger charge is 2.24. The van der Waals surface area contributed by atoms with Crippen molar-refractivity contribution in [2.75, 3.05) is 13.7 Å². The second-order valence-corrected chi connectivity index (χ2v) is 3.40. The Balaban J connectivity index is 2.97. The highest BCUT2D eigenvalue weighted by Crippen LogP contribution is 2.25. The summed E-state index contributed by atoms with van der Waals surface area (Å²) in [6, 6.07) is 1.58. The SMILES string of the molecule is C#CCN(C(=O)OC)C(CC=C)c1ccoc1. The van der Waals surface area contributed by atoms with Crippen molar-refractivity contribution in [3.8, 4) is 12.3 Å². The average Bonchev–Trinajstić information content (AvgIpc) is 2.86. The second kappa shape index (κ2) is 6.44. The van der Waals surface area contributed by atoms with Gasteiger partial charge in [-0.25, -0.2) is 4.79 Å². The zero-order valence-corrected chi connectivity index (χ0v) is 9.76. The number of carbonyl (C=O) groups is 1. The number of terminal acetylenes is 1. The fourth-order valence-electron chi connectivity index (χ4n) is 1.58. The van der Waals surface area contributed by atoms with Crippen molar-refractivity contribution in [2.24, 2.45) is 0 Å². The summed E-state index contributed by atoms with van der Waals surface area (Å²) in [4.78, 5) is 13.1. The van der Waals surface area contributed by atoms with Crippen molar-refractivity contribution in [3.05, 3.63) is 36.8 Å². The molecule has 0 aliphatic carbocycles. The minimum absolute atomic E-state index is 0.177. The van der Waals surface area contributed by atoms with E-state index in [4.69, 9.17) is 15.6 Å². The Kier molecular flexibility index (Phi) is 4.89. The van der Waals surface area contributed by atoms with Crippen LogP contribution in [0.1, 0.15) is 18.0 Å². The summed E-state index contributed by atoms with van der Waals surface area (Å²) in [5.41, 5.74) is 0.866. The van der Waals surface area contributed by atoms with Crippen LogP contribution in [0, 0.1) is 12.3 Å². The number of hydrogen-bond donors (Lipinski definition) is 0. The largest absolute Gasteiger partial charge is 0.472 e. The van der Waals surface area contributed by atoms with Crippen LogP contribution in [0.25, 0.3) is 0 Å². The van der Waals surface area contributed by atoms with Crippen molar-refractivity contribution >= 4 is 6.09 Å². The van der Waals surface area contributed by atoms with Gasteiger partial charge in [0.05, 0.1) is 32.2 Å². The number of hydrogen-bond acceptors (Lipinski definition) is 3. The molecule has 0 saturated carbocycles. The molecule has 1 amide bonds. The Bertz CT molecular complexity index is 403. The fourth-order valence-corrected chi connectivity index (χ4v) is 1.58. The van der Waals surface area contributed by atoms with E-state index in [1.165, 1.54) is 12.0 Å². The Morgan fingerprint density at radius 1 is 1.82 bits per heavy atom. The van der Waals surface area contributed by atoms with Gasteiger partial charge in [0.15, 0.2) is 0 Å². The van der Waals surface area contributed by atoms with E-state index in [0.717, 1.165) is 5.56 Å². The molecular weight excluding hydrogens is 218 g/mol. The maximum absolute atomic E-state index is 11.7. The van der Waals surface area contributed by atoms with E-state index in [1.807, 2.05) is 0 Å². The van der Waals surface area contributed by atoms with Crippen LogP contribution < -0.4 is 0 Å². The van der Waals surface area contributed by atoms with Gasteiger partial charge in [0.25, 0.3) is 0 Å². The lowest BCUT2D eigenvalue weighted by Gasteiger charge is -2.27. The van der Waals surface area contributed by atoms with Crippen LogP contribution in [0.15, 0.2) is 35.7 Å². The van der Waals surface area contributed by atoms with Crippen LogP contribution >= 0.6 is 0 Å². The van der Waals surface area contributed by atoms with Gasteiger partial charge >= 0.3 is 6.09 Å². The Hall–Kier alpha value is -2.15. The zero-order valence-electron chi connectivity index (χ0n) is 9.76.